The fourth-order valence-electron chi connectivity index (χ4n) is 1.83. The predicted molar refractivity (Wildman–Crippen MR) is 63.6 cm³/mol. The third kappa shape index (κ3) is 2.80. The maximum atomic E-state index is 13.5. The number of hydrogen-bond donors (Lipinski definition) is 0. The summed E-state index contributed by atoms with van der Waals surface area (Å²) in [5, 5.41) is 0.862. The highest BCUT2D eigenvalue weighted by Gasteiger charge is 2.29. The van der Waals surface area contributed by atoms with Crippen molar-refractivity contribution in [3.63, 3.8) is 0 Å². The Kier molecular flexibility index (Phi) is 3.92. The summed E-state index contributed by atoms with van der Waals surface area (Å²) in [6.45, 7) is 1.38. The van der Waals surface area contributed by atoms with Gasteiger partial charge in [-0.15, -0.1) is 0 Å². The van der Waals surface area contributed by atoms with Gasteiger partial charge < -0.3 is 0 Å². The van der Waals surface area contributed by atoms with Crippen LogP contribution in [0.25, 0.3) is 0 Å². The Bertz CT molecular complexity index is 366. The van der Waals surface area contributed by atoms with Crippen LogP contribution in [0.1, 0.15) is 18.4 Å². The molecule has 0 spiro atoms. The van der Waals surface area contributed by atoms with Gasteiger partial charge in [-0.25, -0.2) is 8.78 Å². The molecular weight excluding hydrogens is 276 g/mol. The Hall–Kier alpha value is -0.480. The first-order chi connectivity index (χ1) is 7.72. The average molecular weight is 290 g/mol. The molecular formula is C12H14BrF2N. The molecule has 0 amide bonds. The smallest absolute Gasteiger partial charge is 0.163 e. The SMILES string of the molecule is Fc1cccc(CN(CCBr)C2CC2)c1F. The molecule has 1 aliphatic carbocycles. The Balaban J connectivity index is 2.08. The van der Waals surface area contributed by atoms with E-state index in [-0.39, 0.29) is 0 Å². The zero-order valence-electron chi connectivity index (χ0n) is 8.93. The summed E-state index contributed by atoms with van der Waals surface area (Å²) >= 11 is 3.38. The molecule has 0 aliphatic heterocycles. The number of rotatable bonds is 5. The molecule has 0 aromatic heterocycles. The highest BCUT2D eigenvalue weighted by Crippen LogP contribution is 2.28. The minimum Gasteiger partial charge on any atom is -0.295 e. The summed E-state index contributed by atoms with van der Waals surface area (Å²) < 4.78 is 26.5. The van der Waals surface area contributed by atoms with Gasteiger partial charge in [0.15, 0.2) is 11.6 Å². The van der Waals surface area contributed by atoms with Crippen LogP contribution in [0.3, 0.4) is 0 Å². The van der Waals surface area contributed by atoms with Crippen molar-refractivity contribution in [3.8, 4) is 0 Å². The fourth-order valence-corrected chi connectivity index (χ4v) is 2.28. The molecule has 0 saturated heterocycles. The van der Waals surface area contributed by atoms with Gasteiger partial charge in [0.2, 0.25) is 0 Å². The van der Waals surface area contributed by atoms with Crippen molar-refractivity contribution in [2.24, 2.45) is 0 Å². The third-order valence-electron chi connectivity index (χ3n) is 2.84. The molecule has 1 fully saturated rings. The molecule has 88 valence electrons. The van der Waals surface area contributed by atoms with E-state index in [4.69, 9.17) is 0 Å². The molecule has 1 aliphatic rings. The monoisotopic (exact) mass is 289 g/mol. The predicted octanol–water partition coefficient (Wildman–Crippen LogP) is 3.32. The van der Waals surface area contributed by atoms with E-state index in [1.54, 1.807) is 12.1 Å². The molecule has 0 atom stereocenters. The van der Waals surface area contributed by atoms with Crippen LogP contribution in [0, 0.1) is 11.6 Å². The maximum absolute atomic E-state index is 13.5. The normalized spacial score (nSPS) is 15.8. The van der Waals surface area contributed by atoms with Gasteiger partial charge in [-0.3, -0.25) is 4.90 Å². The highest BCUT2D eigenvalue weighted by atomic mass is 79.9. The van der Waals surface area contributed by atoms with Gasteiger partial charge in [-0.2, -0.15) is 0 Å². The maximum Gasteiger partial charge on any atom is 0.163 e. The molecule has 1 saturated carbocycles. The van der Waals surface area contributed by atoms with Crippen molar-refractivity contribution in [2.45, 2.75) is 25.4 Å². The second kappa shape index (κ2) is 5.23. The largest absolute Gasteiger partial charge is 0.295 e. The third-order valence-corrected chi connectivity index (χ3v) is 3.19. The summed E-state index contributed by atoms with van der Waals surface area (Å²) in [6, 6.07) is 4.93. The molecule has 16 heavy (non-hydrogen) atoms. The van der Waals surface area contributed by atoms with Gasteiger partial charge in [-0.05, 0) is 18.9 Å². The van der Waals surface area contributed by atoms with Crippen LogP contribution in [0.15, 0.2) is 18.2 Å². The average Bonchev–Trinajstić information content (AvgIpc) is 3.07. The van der Waals surface area contributed by atoms with Crippen molar-refractivity contribution in [3.05, 3.63) is 35.4 Å². The van der Waals surface area contributed by atoms with E-state index in [9.17, 15) is 8.78 Å². The van der Waals surface area contributed by atoms with E-state index in [1.807, 2.05) is 0 Å². The van der Waals surface area contributed by atoms with Crippen molar-refractivity contribution >= 4 is 15.9 Å². The van der Waals surface area contributed by atoms with E-state index >= 15 is 0 Å². The molecule has 0 N–H and O–H groups in total. The Morgan fingerprint density at radius 1 is 1.31 bits per heavy atom. The van der Waals surface area contributed by atoms with Crippen LogP contribution in [-0.2, 0) is 6.54 Å². The molecule has 0 unspecified atom stereocenters. The summed E-state index contributed by atoms with van der Waals surface area (Å²) in [5.41, 5.74) is 0.452. The van der Waals surface area contributed by atoms with E-state index in [2.05, 4.69) is 20.8 Å². The van der Waals surface area contributed by atoms with Gasteiger partial charge in [-0.1, -0.05) is 28.1 Å². The Morgan fingerprint density at radius 3 is 2.69 bits per heavy atom. The first-order valence-electron chi connectivity index (χ1n) is 5.45. The zero-order valence-corrected chi connectivity index (χ0v) is 10.5. The lowest BCUT2D eigenvalue weighted by atomic mass is 10.2. The van der Waals surface area contributed by atoms with Crippen LogP contribution in [-0.4, -0.2) is 22.8 Å². The Morgan fingerprint density at radius 2 is 2.06 bits per heavy atom. The summed E-state index contributed by atoms with van der Waals surface area (Å²) in [5.74, 6) is -1.46. The van der Waals surface area contributed by atoms with Crippen molar-refractivity contribution in [1.82, 2.24) is 4.90 Å². The molecule has 2 rings (SSSR count). The van der Waals surface area contributed by atoms with E-state index in [0.29, 0.717) is 18.2 Å². The number of halogens is 3. The quantitative estimate of drug-likeness (QED) is 0.752. The molecule has 1 aromatic carbocycles. The van der Waals surface area contributed by atoms with Crippen LogP contribution >= 0.6 is 15.9 Å². The molecule has 4 heteroatoms. The first-order valence-corrected chi connectivity index (χ1v) is 6.57. The number of nitrogens with zero attached hydrogens (tertiary/aromatic N) is 1. The molecule has 1 aromatic rings. The van der Waals surface area contributed by atoms with Gasteiger partial charge in [0.25, 0.3) is 0 Å². The number of alkyl halides is 1. The Labute approximate surface area is 103 Å². The number of benzene rings is 1. The fraction of sp³-hybridized carbons (Fsp3) is 0.500. The van der Waals surface area contributed by atoms with Crippen LogP contribution in [0.4, 0.5) is 8.78 Å². The lowest BCUT2D eigenvalue weighted by molar-refractivity contribution is 0.267. The first kappa shape index (κ1) is 12.0. The topological polar surface area (TPSA) is 3.24 Å². The minimum absolute atomic E-state index is 0.452. The van der Waals surface area contributed by atoms with Crippen molar-refractivity contribution in [1.29, 1.82) is 0 Å². The van der Waals surface area contributed by atoms with Crippen LogP contribution in [0.2, 0.25) is 0 Å². The van der Waals surface area contributed by atoms with Gasteiger partial charge >= 0.3 is 0 Å². The van der Waals surface area contributed by atoms with E-state index < -0.39 is 11.6 Å². The van der Waals surface area contributed by atoms with Crippen molar-refractivity contribution in [2.75, 3.05) is 11.9 Å². The zero-order chi connectivity index (χ0) is 11.5. The number of hydrogen-bond acceptors (Lipinski definition) is 1. The molecule has 0 heterocycles. The van der Waals surface area contributed by atoms with Gasteiger partial charge in [0.1, 0.15) is 0 Å². The summed E-state index contributed by atoms with van der Waals surface area (Å²) in [6.07, 6.45) is 2.34. The molecule has 0 radical (unpaired) electrons. The van der Waals surface area contributed by atoms with E-state index in [1.165, 1.54) is 12.8 Å². The summed E-state index contributed by atoms with van der Waals surface area (Å²) in [4.78, 5) is 2.20. The lowest BCUT2D eigenvalue weighted by Gasteiger charge is -2.21. The van der Waals surface area contributed by atoms with Crippen LogP contribution in [0.5, 0.6) is 0 Å². The highest BCUT2D eigenvalue weighted by molar-refractivity contribution is 9.09. The van der Waals surface area contributed by atoms with Gasteiger partial charge in [0.05, 0.1) is 0 Å². The lowest BCUT2D eigenvalue weighted by Crippen LogP contribution is -2.28. The second-order valence-corrected chi connectivity index (χ2v) is 4.90. The molecule has 1 nitrogen and oxygen atoms in total. The standard InChI is InChI=1S/C12H14BrF2N/c13-6-7-16(10-4-5-10)8-9-2-1-3-11(14)12(9)15/h1-3,10H,4-8H2. The van der Waals surface area contributed by atoms with Crippen molar-refractivity contribution < 1.29 is 8.78 Å². The van der Waals surface area contributed by atoms with Gasteiger partial charge in [0, 0.05) is 30.0 Å². The second-order valence-electron chi connectivity index (χ2n) is 4.10. The van der Waals surface area contributed by atoms with E-state index in [0.717, 1.165) is 17.9 Å². The molecule has 0 bridgehead atoms. The summed E-state index contributed by atoms with van der Waals surface area (Å²) in [7, 11) is 0. The minimum atomic E-state index is -0.757. The van der Waals surface area contributed by atoms with Crippen LogP contribution < -0.4 is 0 Å².